The fourth-order valence-electron chi connectivity index (χ4n) is 2.22. The molecule has 6 heteroatoms. The summed E-state index contributed by atoms with van der Waals surface area (Å²) in [7, 11) is 1.62. The van der Waals surface area contributed by atoms with Crippen LogP contribution in [0.25, 0.3) is 11.3 Å². The Bertz CT molecular complexity index is 846. The predicted octanol–water partition coefficient (Wildman–Crippen LogP) is 4.14. The molecular weight excluding hydrogens is 327 g/mol. The molecule has 1 heterocycles. The lowest BCUT2D eigenvalue weighted by atomic mass is 10.1. The van der Waals surface area contributed by atoms with Crippen molar-refractivity contribution in [1.82, 2.24) is 4.98 Å². The van der Waals surface area contributed by atoms with E-state index in [1.807, 2.05) is 29.6 Å². The Hall–Kier alpha value is -2.73. The first kappa shape index (κ1) is 16.1. The molecule has 0 unspecified atom stereocenters. The van der Waals surface area contributed by atoms with Crippen molar-refractivity contribution in [3.63, 3.8) is 0 Å². The topological polar surface area (TPSA) is 51.2 Å². The van der Waals surface area contributed by atoms with E-state index in [0.717, 1.165) is 17.0 Å². The van der Waals surface area contributed by atoms with Crippen molar-refractivity contribution in [3.8, 4) is 17.0 Å². The third kappa shape index (κ3) is 3.97. The molecule has 0 atom stereocenters. The van der Waals surface area contributed by atoms with Crippen LogP contribution in [0.3, 0.4) is 0 Å². The second-order valence-electron chi connectivity index (χ2n) is 5.12. The Morgan fingerprint density at radius 3 is 2.75 bits per heavy atom. The number of rotatable bonds is 5. The zero-order valence-corrected chi connectivity index (χ0v) is 13.8. The van der Waals surface area contributed by atoms with E-state index in [9.17, 15) is 9.18 Å². The molecule has 24 heavy (non-hydrogen) atoms. The molecule has 0 radical (unpaired) electrons. The van der Waals surface area contributed by atoms with E-state index >= 15 is 0 Å². The van der Waals surface area contributed by atoms with Crippen molar-refractivity contribution in [3.05, 3.63) is 65.3 Å². The van der Waals surface area contributed by atoms with Gasteiger partial charge in [-0.3, -0.25) is 4.79 Å². The number of hydrogen-bond donors (Lipinski definition) is 1. The van der Waals surface area contributed by atoms with Gasteiger partial charge >= 0.3 is 0 Å². The van der Waals surface area contributed by atoms with Crippen molar-refractivity contribution >= 4 is 22.4 Å². The number of ether oxygens (including phenoxy) is 1. The summed E-state index contributed by atoms with van der Waals surface area (Å²) in [4.78, 5) is 16.4. The third-order valence-electron chi connectivity index (χ3n) is 3.39. The van der Waals surface area contributed by atoms with Gasteiger partial charge in [0.1, 0.15) is 11.6 Å². The minimum absolute atomic E-state index is 0.106. The number of carbonyl (C=O) groups excluding carboxylic acids is 1. The largest absolute Gasteiger partial charge is 0.497 e. The molecule has 0 saturated heterocycles. The van der Waals surface area contributed by atoms with Crippen LogP contribution in [0.1, 0.15) is 5.56 Å². The quantitative estimate of drug-likeness (QED) is 0.758. The fraction of sp³-hybridized carbons (Fsp3) is 0.111. The molecule has 0 saturated carbocycles. The summed E-state index contributed by atoms with van der Waals surface area (Å²) in [5.74, 6) is 0.199. The summed E-state index contributed by atoms with van der Waals surface area (Å²) >= 11 is 1.35. The molecule has 0 aliphatic rings. The molecule has 122 valence electrons. The molecule has 3 aromatic rings. The fourth-order valence-corrected chi connectivity index (χ4v) is 2.96. The summed E-state index contributed by atoms with van der Waals surface area (Å²) in [5, 5.41) is 5.13. The van der Waals surface area contributed by atoms with Crippen LogP contribution in [-0.2, 0) is 11.2 Å². The number of methoxy groups -OCH3 is 1. The molecule has 0 spiro atoms. The molecular formula is C18H15FN2O2S. The second-order valence-corrected chi connectivity index (χ2v) is 5.98. The van der Waals surface area contributed by atoms with E-state index < -0.39 is 0 Å². The van der Waals surface area contributed by atoms with Gasteiger partial charge in [-0.25, -0.2) is 9.37 Å². The van der Waals surface area contributed by atoms with Crippen LogP contribution in [0.5, 0.6) is 5.75 Å². The zero-order chi connectivity index (χ0) is 16.9. The van der Waals surface area contributed by atoms with Gasteiger partial charge in [-0.05, 0) is 42.0 Å². The number of nitrogens with zero attached hydrogens (tertiary/aromatic N) is 1. The average molecular weight is 342 g/mol. The van der Waals surface area contributed by atoms with Gasteiger partial charge in [-0.2, -0.15) is 0 Å². The van der Waals surface area contributed by atoms with Gasteiger partial charge in [0.25, 0.3) is 0 Å². The Balaban J connectivity index is 1.65. The molecule has 2 aromatic carbocycles. The molecule has 3 rings (SSSR count). The van der Waals surface area contributed by atoms with Crippen LogP contribution >= 0.6 is 11.3 Å². The number of amides is 1. The number of anilines is 1. The molecule has 0 aliphatic carbocycles. The molecule has 1 aromatic heterocycles. The lowest BCUT2D eigenvalue weighted by Gasteiger charge is -2.02. The maximum Gasteiger partial charge on any atom is 0.230 e. The normalized spacial score (nSPS) is 10.4. The summed E-state index contributed by atoms with van der Waals surface area (Å²) in [6.45, 7) is 0. The lowest BCUT2D eigenvalue weighted by Crippen LogP contribution is -2.14. The van der Waals surface area contributed by atoms with E-state index in [4.69, 9.17) is 4.74 Å². The van der Waals surface area contributed by atoms with E-state index in [-0.39, 0.29) is 18.1 Å². The standard InChI is InChI=1S/C18H15FN2O2S/c1-23-15-7-5-13(6-8-15)16-11-24-18(20-16)21-17(22)10-12-3-2-4-14(19)9-12/h2-9,11H,10H2,1H3,(H,20,21,22). The number of hydrogen-bond acceptors (Lipinski definition) is 4. The number of thiazole rings is 1. The Morgan fingerprint density at radius 2 is 2.04 bits per heavy atom. The maximum atomic E-state index is 13.1. The van der Waals surface area contributed by atoms with Crippen molar-refractivity contribution in [2.24, 2.45) is 0 Å². The van der Waals surface area contributed by atoms with Gasteiger partial charge < -0.3 is 10.1 Å². The van der Waals surface area contributed by atoms with Crippen LogP contribution in [-0.4, -0.2) is 18.0 Å². The molecule has 0 aliphatic heterocycles. The Labute approximate surface area is 142 Å². The van der Waals surface area contributed by atoms with Crippen LogP contribution in [0.4, 0.5) is 9.52 Å². The van der Waals surface area contributed by atoms with Crippen molar-refractivity contribution in [2.45, 2.75) is 6.42 Å². The minimum atomic E-state index is -0.351. The highest BCUT2D eigenvalue weighted by Gasteiger charge is 2.09. The molecule has 1 N–H and O–H groups in total. The van der Waals surface area contributed by atoms with Gasteiger partial charge in [-0.15, -0.1) is 11.3 Å². The van der Waals surface area contributed by atoms with Crippen LogP contribution < -0.4 is 10.1 Å². The Morgan fingerprint density at radius 1 is 1.25 bits per heavy atom. The van der Waals surface area contributed by atoms with E-state index in [0.29, 0.717) is 10.7 Å². The first-order valence-electron chi connectivity index (χ1n) is 7.28. The summed E-state index contributed by atoms with van der Waals surface area (Å²) in [5.41, 5.74) is 2.35. The first-order chi connectivity index (χ1) is 11.6. The molecule has 4 nitrogen and oxygen atoms in total. The minimum Gasteiger partial charge on any atom is -0.497 e. The second kappa shape index (κ2) is 7.23. The number of halogens is 1. The van der Waals surface area contributed by atoms with E-state index in [2.05, 4.69) is 10.3 Å². The monoisotopic (exact) mass is 342 g/mol. The van der Waals surface area contributed by atoms with Crippen LogP contribution in [0.2, 0.25) is 0 Å². The average Bonchev–Trinajstić information content (AvgIpc) is 3.03. The van der Waals surface area contributed by atoms with Crippen molar-refractivity contribution < 1.29 is 13.9 Å². The Kier molecular flexibility index (Phi) is 4.86. The highest BCUT2D eigenvalue weighted by molar-refractivity contribution is 7.14. The smallest absolute Gasteiger partial charge is 0.230 e. The van der Waals surface area contributed by atoms with Crippen molar-refractivity contribution in [1.29, 1.82) is 0 Å². The number of aromatic nitrogens is 1. The SMILES string of the molecule is COc1ccc(-c2csc(NC(=O)Cc3cccc(F)c3)n2)cc1. The molecule has 0 fully saturated rings. The van der Waals surface area contributed by atoms with Gasteiger partial charge in [0.2, 0.25) is 5.91 Å². The summed E-state index contributed by atoms with van der Waals surface area (Å²) in [6, 6.07) is 13.5. The first-order valence-corrected chi connectivity index (χ1v) is 8.16. The molecule has 1 amide bonds. The van der Waals surface area contributed by atoms with E-state index in [1.54, 1.807) is 19.2 Å². The van der Waals surface area contributed by atoms with E-state index in [1.165, 1.54) is 23.5 Å². The number of benzene rings is 2. The zero-order valence-electron chi connectivity index (χ0n) is 13.0. The maximum absolute atomic E-state index is 13.1. The highest BCUT2D eigenvalue weighted by Crippen LogP contribution is 2.26. The van der Waals surface area contributed by atoms with Gasteiger partial charge in [0.05, 0.1) is 19.2 Å². The van der Waals surface area contributed by atoms with Crippen LogP contribution in [0, 0.1) is 5.82 Å². The van der Waals surface area contributed by atoms with Gasteiger partial charge in [0.15, 0.2) is 5.13 Å². The number of nitrogens with one attached hydrogen (secondary N) is 1. The number of carbonyl (C=O) groups is 1. The van der Waals surface area contributed by atoms with Crippen molar-refractivity contribution in [2.75, 3.05) is 12.4 Å². The predicted molar refractivity (Wildman–Crippen MR) is 92.8 cm³/mol. The van der Waals surface area contributed by atoms with Crippen LogP contribution in [0.15, 0.2) is 53.9 Å². The van der Waals surface area contributed by atoms with Gasteiger partial charge in [0, 0.05) is 10.9 Å². The summed E-state index contributed by atoms with van der Waals surface area (Å²) in [6.07, 6.45) is 0.106. The summed E-state index contributed by atoms with van der Waals surface area (Å²) < 4.78 is 18.3. The lowest BCUT2D eigenvalue weighted by molar-refractivity contribution is -0.115. The molecule has 0 bridgehead atoms. The third-order valence-corrected chi connectivity index (χ3v) is 4.15. The van der Waals surface area contributed by atoms with Gasteiger partial charge in [-0.1, -0.05) is 12.1 Å². The highest BCUT2D eigenvalue weighted by atomic mass is 32.1.